The van der Waals surface area contributed by atoms with Gasteiger partial charge in [-0.25, -0.2) is 0 Å². The average molecular weight is 298 g/mol. The molecule has 1 fully saturated rings. The van der Waals surface area contributed by atoms with Gasteiger partial charge in [0, 0.05) is 30.1 Å². The van der Waals surface area contributed by atoms with Crippen LogP contribution in [-0.2, 0) is 0 Å². The minimum atomic E-state index is 0.119. The van der Waals surface area contributed by atoms with Gasteiger partial charge in [-0.2, -0.15) is 0 Å². The Hall–Kier alpha value is -2.07. The van der Waals surface area contributed by atoms with Gasteiger partial charge in [-0.1, -0.05) is 24.3 Å². The van der Waals surface area contributed by atoms with E-state index in [9.17, 15) is 4.79 Å². The molecule has 2 aromatic carbocycles. The van der Waals surface area contributed by atoms with E-state index in [2.05, 4.69) is 5.32 Å². The number of rotatable bonds is 3. The Morgan fingerprint density at radius 1 is 1.14 bits per heavy atom. The molecule has 116 valence electrons. The largest absolute Gasteiger partial charge is 0.496 e. The number of amides is 1. The van der Waals surface area contributed by atoms with Crippen LogP contribution in [0.5, 0.6) is 5.75 Å². The molecule has 0 saturated carbocycles. The quantitative estimate of drug-likeness (QED) is 0.947. The van der Waals surface area contributed by atoms with E-state index >= 15 is 0 Å². The third-order valence-corrected chi connectivity index (χ3v) is 4.52. The maximum Gasteiger partial charge on any atom is 0.254 e. The Morgan fingerprint density at radius 2 is 1.82 bits per heavy atom. The molecule has 1 N–H and O–H groups in total. The fourth-order valence-electron chi connectivity index (χ4n) is 3.18. The van der Waals surface area contributed by atoms with Gasteiger partial charge >= 0.3 is 0 Å². The number of nitrogens with one attached hydrogen (secondary N) is 1. The molecule has 1 aliphatic rings. The predicted molar refractivity (Wildman–Crippen MR) is 88.5 cm³/mol. The normalized spacial score (nSPS) is 16.0. The summed E-state index contributed by atoms with van der Waals surface area (Å²) in [5, 5.41) is 5.24. The van der Waals surface area contributed by atoms with E-state index in [0.29, 0.717) is 6.04 Å². The van der Waals surface area contributed by atoms with E-state index in [1.54, 1.807) is 7.11 Å². The summed E-state index contributed by atoms with van der Waals surface area (Å²) < 4.78 is 5.40. The molecular weight excluding hydrogens is 276 g/mol. The number of benzene rings is 2. The van der Waals surface area contributed by atoms with Crippen LogP contribution in [0.4, 0.5) is 0 Å². The van der Waals surface area contributed by atoms with Crippen molar-refractivity contribution in [3.05, 3.63) is 42.0 Å². The molecule has 0 bridgehead atoms. The van der Waals surface area contributed by atoms with Crippen LogP contribution in [0.1, 0.15) is 23.2 Å². The van der Waals surface area contributed by atoms with Crippen molar-refractivity contribution in [3.8, 4) is 5.75 Å². The lowest BCUT2D eigenvalue weighted by atomic mass is 10.0. The van der Waals surface area contributed by atoms with Gasteiger partial charge in [0.25, 0.3) is 5.91 Å². The number of fused-ring (bicyclic) bond motifs is 1. The van der Waals surface area contributed by atoms with E-state index in [0.717, 1.165) is 48.0 Å². The highest BCUT2D eigenvalue weighted by atomic mass is 16.5. The second kappa shape index (κ2) is 6.36. The monoisotopic (exact) mass is 298 g/mol. The first-order valence-corrected chi connectivity index (χ1v) is 7.77. The number of ether oxygens (including phenoxy) is 1. The highest BCUT2D eigenvalue weighted by molar-refractivity contribution is 6.08. The maximum atomic E-state index is 12.9. The third kappa shape index (κ3) is 2.66. The van der Waals surface area contributed by atoms with E-state index in [1.165, 1.54) is 0 Å². The van der Waals surface area contributed by atoms with Crippen LogP contribution < -0.4 is 10.1 Å². The summed E-state index contributed by atoms with van der Waals surface area (Å²) >= 11 is 0. The van der Waals surface area contributed by atoms with Gasteiger partial charge in [0.1, 0.15) is 5.75 Å². The Balaban J connectivity index is 1.92. The molecule has 4 heteroatoms. The molecule has 0 aromatic heterocycles. The van der Waals surface area contributed by atoms with Gasteiger partial charge in [-0.15, -0.1) is 0 Å². The summed E-state index contributed by atoms with van der Waals surface area (Å²) in [6, 6.07) is 12.2. The number of likely N-dealkylation sites (tertiary alicyclic amines) is 1. The molecular formula is C18H22N2O2. The molecule has 0 atom stereocenters. The van der Waals surface area contributed by atoms with Crippen LogP contribution in [0, 0.1) is 0 Å². The molecule has 2 aromatic rings. The van der Waals surface area contributed by atoms with Gasteiger partial charge in [0.05, 0.1) is 7.11 Å². The number of methoxy groups -OCH3 is 1. The average Bonchev–Trinajstić information content (AvgIpc) is 2.60. The number of hydrogen-bond donors (Lipinski definition) is 1. The minimum Gasteiger partial charge on any atom is -0.496 e. The molecule has 3 rings (SSSR count). The third-order valence-electron chi connectivity index (χ3n) is 4.52. The van der Waals surface area contributed by atoms with Crippen molar-refractivity contribution in [2.24, 2.45) is 0 Å². The summed E-state index contributed by atoms with van der Waals surface area (Å²) in [7, 11) is 3.64. The first-order chi connectivity index (χ1) is 10.7. The number of carbonyl (C=O) groups is 1. The topological polar surface area (TPSA) is 41.6 Å². The van der Waals surface area contributed by atoms with Crippen molar-refractivity contribution < 1.29 is 9.53 Å². The summed E-state index contributed by atoms with van der Waals surface area (Å²) in [4.78, 5) is 14.8. The van der Waals surface area contributed by atoms with E-state index in [-0.39, 0.29) is 5.91 Å². The lowest BCUT2D eigenvalue weighted by molar-refractivity contribution is 0.0709. The van der Waals surface area contributed by atoms with Crippen molar-refractivity contribution in [2.45, 2.75) is 18.9 Å². The van der Waals surface area contributed by atoms with Gasteiger partial charge in [0.15, 0.2) is 0 Å². The van der Waals surface area contributed by atoms with Gasteiger partial charge in [0.2, 0.25) is 0 Å². The van der Waals surface area contributed by atoms with Crippen LogP contribution in [-0.4, -0.2) is 44.1 Å². The predicted octanol–water partition coefficient (Wildman–Crippen LogP) is 2.67. The smallest absolute Gasteiger partial charge is 0.254 e. The highest BCUT2D eigenvalue weighted by Crippen LogP contribution is 2.29. The summed E-state index contributed by atoms with van der Waals surface area (Å²) in [6.07, 6.45) is 2.02. The number of carbonyl (C=O) groups excluding carboxylic acids is 1. The Labute approximate surface area is 131 Å². The summed E-state index contributed by atoms with van der Waals surface area (Å²) in [5.41, 5.74) is 0.763. The van der Waals surface area contributed by atoms with Gasteiger partial charge in [-0.3, -0.25) is 4.79 Å². The second-order valence-corrected chi connectivity index (χ2v) is 5.72. The van der Waals surface area contributed by atoms with Crippen LogP contribution in [0.3, 0.4) is 0 Å². The highest BCUT2D eigenvalue weighted by Gasteiger charge is 2.24. The fraction of sp³-hybridized carbons (Fsp3) is 0.389. The molecule has 0 unspecified atom stereocenters. The first-order valence-electron chi connectivity index (χ1n) is 7.77. The zero-order chi connectivity index (χ0) is 15.5. The van der Waals surface area contributed by atoms with E-state index in [1.807, 2.05) is 48.3 Å². The second-order valence-electron chi connectivity index (χ2n) is 5.72. The Kier molecular flexibility index (Phi) is 4.29. The molecule has 1 aliphatic heterocycles. The first kappa shape index (κ1) is 14.9. The molecule has 1 saturated heterocycles. The number of piperidine rings is 1. The summed E-state index contributed by atoms with van der Waals surface area (Å²) in [6.45, 7) is 1.62. The molecule has 1 heterocycles. The standard InChI is InChI=1S/C18H22N2O2/c1-19-13-9-11-20(12-10-13)18(21)16-7-8-17(22-2)15-6-4-3-5-14(15)16/h3-8,13,19H,9-12H2,1-2H3. The molecule has 0 spiro atoms. The Morgan fingerprint density at radius 3 is 2.45 bits per heavy atom. The van der Waals surface area contributed by atoms with Crippen molar-refractivity contribution in [3.63, 3.8) is 0 Å². The lowest BCUT2D eigenvalue weighted by Gasteiger charge is -2.32. The van der Waals surface area contributed by atoms with Crippen molar-refractivity contribution >= 4 is 16.7 Å². The maximum absolute atomic E-state index is 12.9. The minimum absolute atomic E-state index is 0.119. The molecule has 4 nitrogen and oxygen atoms in total. The van der Waals surface area contributed by atoms with Gasteiger partial charge < -0.3 is 15.0 Å². The van der Waals surface area contributed by atoms with Crippen molar-refractivity contribution in [1.29, 1.82) is 0 Å². The zero-order valence-corrected chi connectivity index (χ0v) is 13.1. The summed E-state index contributed by atoms with van der Waals surface area (Å²) in [5.74, 6) is 0.925. The van der Waals surface area contributed by atoms with Crippen LogP contribution in [0.2, 0.25) is 0 Å². The van der Waals surface area contributed by atoms with Gasteiger partial charge in [-0.05, 0) is 37.4 Å². The van der Waals surface area contributed by atoms with Crippen LogP contribution in [0.25, 0.3) is 10.8 Å². The van der Waals surface area contributed by atoms with E-state index in [4.69, 9.17) is 4.74 Å². The van der Waals surface area contributed by atoms with Crippen LogP contribution >= 0.6 is 0 Å². The van der Waals surface area contributed by atoms with Crippen molar-refractivity contribution in [1.82, 2.24) is 10.2 Å². The molecule has 0 aliphatic carbocycles. The SMILES string of the molecule is CNC1CCN(C(=O)c2ccc(OC)c3ccccc23)CC1. The molecule has 22 heavy (non-hydrogen) atoms. The van der Waals surface area contributed by atoms with E-state index < -0.39 is 0 Å². The molecule has 1 amide bonds. The van der Waals surface area contributed by atoms with Crippen LogP contribution in [0.15, 0.2) is 36.4 Å². The Bertz CT molecular complexity index is 676. The number of nitrogens with zero attached hydrogens (tertiary/aromatic N) is 1. The van der Waals surface area contributed by atoms with Crippen molar-refractivity contribution in [2.75, 3.05) is 27.2 Å². The fourth-order valence-corrected chi connectivity index (χ4v) is 3.18. The number of hydrogen-bond acceptors (Lipinski definition) is 3. The zero-order valence-electron chi connectivity index (χ0n) is 13.1. The molecule has 0 radical (unpaired) electrons. The lowest BCUT2D eigenvalue weighted by Crippen LogP contribution is -2.44.